The van der Waals surface area contributed by atoms with E-state index < -0.39 is 21.7 Å². The van der Waals surface area contributed by atoms with Crippen LogP contribution in [-0.2, 0) is 29.4 Å². The molecule has 168 valence electrons. The molecule has 0 radical (unpaired) electrons. The van der Waals surface area contributed by atoms with E-state index >= 15 is 0 Å². The number of carbonyl (C=O) groups is 1. The van der Waals surface area contributed by atoms with Crippen molar-refractivity contribution in [1.82, 2.24) is 14.8 Å². The van der Waals surface area contributed by atoms with Gasteiger partial charge in [0, 0.05) is 31.1 Å². The van der Waals surface area contributed by atoms with E-state index in [0.717, 1.165) is 25.0 Å². The standard InChI is InChI=1S/C23H24FN3O4S/c1-16(7-8-17-5-3-2-4-6-17)25-23(28)22-20-15-27(14-13-21(20)31-26-22)32(29,30)19-11-9-18(24)10-12-19/h2-6,9-12,16H,7-8,13-15H2,1H3,(H,25,28). The fourth-order valence-corrected chi connectivity index (χ4v) is 5.12. The Morgan fingerprint density at radius 3 is 2.62 bits per heavy atom. The molecule has 7 nitrogen and oxygen atoms in total. The summed E-state index contributed by atoms with van der Waals surface area (Å²) in [6.45, 7) is 2.08. The zero-order chi connectivity index (χ0) is 22.7. The van der Waals surface area contributed by atoms with Crippen molar-refractivity contribution in [3.05, 3.63) is 83.0 Å². The lowest BCUT2D eigenvalue weighted by Crippen LogP contribution is -2.38. The molecule has 4 rings (SSSR count). The predicted molar refractivity (Wildman–Crippen MR) is 116 cm³/mol. The molecule has 1 amide bonds. The molecule has 32 heavy (non-hydrogen) atoms. The summed E-state index contributed by atoms with van der Waals surface area (Å²) in [5, 5.41) is 6.83. The van der Waals surface area contributed by atoms with Crippen LogP contribution in [0.3, 0.4) is 0 Å². The summed E-state index contributed by atoms with van der Waals surface area (Å²) in [4.78, 5) is 12.8. The van der Waals surface area contributed by atoms with Gasteiger partial charge in [-0.2, -0.15) is 4.31 Å². The molecule has 0 saturated carbocycles. The number of carbonyl (C=O) groups excluding carboxylic acids is 1. The van der Waals surface area contributed by atoms with Gasteiger partial charge >= 0.3 is 0 Å². The summed E-state index contributed by atoms with van der Waals surface area (Å²) in [6.07, 6.45) is 1.88. The van der Waals surface area contributed by atoms with Gasteiger partial charge in [-0.1, -0.05) is 35.5 Å². The molecule has 0 aliphatic carbocycles. The number of fused-ring (bicyclic) bond motifs is 1. The third-order valence-electron chi connectivity index (χ3n) is 5.55. The molecule has 1 N–H and O–H groups in total. The van der Waals surface area contributed by atoms with E-state index in [-0.39, 0.29) is 29.7 Å². The van der Waals surface area contributed by atoms with Crippen molar-refractivity contribution in [2.75, 3.05) is 6.54 Å². The second-order valence-corrected chi connectivity index (χ2v) is 9.81. The van der Waals surface area contributed by atoms with Gasteiger partial charge < -0.3 is 9.84 Å². The highest BCUT2D eigenvalue weighted by Gasteiger charge is 2.34. The van der Waals surface area contributed by atoms with E-state index in [9.17, 15) is 17.6 Å². The molecule has 0 fully saturated rings. The Morgan fingerprint density at radius 1 is 1.19 bits per heavy atom. The van der Waals surface area contributed by atoms with Gasteiger partial charge in [0.25, 0.3) is 5.91 Å². The summed E-state index contributed by atoms with van der Waals surface area (Å²) in [5.74, 6) is -0.390. The molecule has 1 aromatic heterocycles. The molecule has 3 aromatic rings. The van der Waals surface area contributed by atoms with E-state index in [4.69, 9.17) is 4.52 Å². The third kappa shape index (κ3) is 4.73. The van der Waals surface area contributed by atoms with Crippen LogP contribution in [0.25, 0.3) is 0 Å². The summed E-state index contributed by atoms with van der Waals surface area (Å²) in [5.41, 5.74) is 1.76. The number of hydrogen-bond donors (Lipinski definition) is 1. The van der Waals surface area contributed by atoms with Gasteiger partial charge in [-0.3, -0.25) is 4.79 Å². The number of nitrogens with zero attached hydrogens (tertiary/aromatic N) is 2. The van der Waals surface area contributed by atoms with Crippen LogP contribution < -0.4 is 5.32 Å². The fraction of sp³-hybridized carbons (Fsp3) is 0.304. The van der Waals surface area contributed by atoms with Crippen LogP contribution in [0.4, 0.5) is 4.39 Å². The summed E-state index contributed by atoms with van der Waals surface area (Å²) in [7, 11) is -3.84. The summed E-state index contributed by atoms with van der Waals surface area (Å²) < 4.78 is 45.7. The Labute approximate surface area is 186 Å². The minimum atomic E-state index is -3.84. The Kier molecular flexibility index (Phi) is 6.38. The maximum atomic E-state index is 13.2. The van der Waals surface area contributed by atoms with Crippen molar-refractivity contribution in [2.45, 2.75) is 43.7 Å². The predicted octanol–water partition coefficient (Wildman–Crippen LogP) is 3.31. The lowest BCUT2D eigenvalue weighted by molar-refractivity contribution is 0.0928. The van der Waals surface area contributed by atoms with Gasteiger partial charge in [0.2, 0.25) is 10.0 Å². The average molecular weight is 458 g/mol. The van der Waals surface area contributed by atoms with Crippen LogP contribution in [0.1, 0.15) is 40.7 Å². The normalized spacial score (nSPS) is 15.2. The SMILES string of the molecule is CC(CCc1ccccc1)NC(=O)c1noc2c1CN(S(=O)(=O)c1ccc(F)cc1)CC2. The van der Waals surface area contributed by atoms with E-state index in [2.05, 4.69) is 10.5 Å². The number of amides is 1. The quantitative estimate of drug-likeness (QED) is 0.588. The average Bonchev–Trinajstić information content (AvgIpc) is 3.22. The molecular weight excluding hydrogens is 433 g/mol. The third-order valence-corrected chi connectivity index (χ3v) is 7.40. The summed E-state index contributed by atoms with van der Waals surface area (Å²) in [6, 6.07) is 14.6. The molecule has 0 spiro atoms. The van der Waals surface area contributed by atoms with E-state index in [1.165, 1.54) is 22.0 Å². The Morgan fingerprint density at radius 2 is 1.91 bits per heavy atom. The van der Waals surface area contributed by atoms with E-state index in [1.807, 2.05) is 37.3 Å². The van der Waals surface area contributed by atoms with Crippen molar-refractivity contribution in [1.29, 1.82) is 0 Å². The van der Waals surface area contributed by atoms with Crippen molar-refractivity contribution in [2.24, 2.45) is 0 Å². The van der Waals surface area contributed by atoms with Gasteiger partial charge in [-0.15, -0.1) is 0 Å². The molecule has 1 aliphatic heterocycles. The molecule has 2 heterocycles. The first-order valence-corrected chi connectivity index (χ1v) is 11.9. The zero-order valence-corrected chi connectivity index (χ0v) is 18.4. The number of sulfonamides is 1. The molecule has 1 unspecified atom stereocenters. The second-order valence-electron chi connectivity index (χ2n) is 7.87. The molecule has 9 heteroatoms. The second kappa shape index (κ2) is 9.22. The van der Waals surface area contributed by atoms with Gasteiger partial charge in [0.1, 0.15) is 11.6 Å². The summed E-state index contributed by atoms with van der Waals surface area (Å²) >= 11 is 0. The van der Waals surface area contributed by atoms with E-state index in [0.29, 0.717) is 17.7 Å². The lowest BCUT2D eigenvalue weighted by Gasteiger charge is -2.25. The molecule has 1 atom stereocenters. The van der Waals surface area contributed by atoms with Gasteiger partial charge in [0.15, 0.2) is 5.69 Å². The smallest absolute Gasteiger partial charge is 0.274 e. The fourth-order valence-electron chi connectivity index (χ4n) is 3.72. The van der Waals surface area contributed by atoms with Crippen molar-refractivity contribution in [3.63, 3.8) is 0 Å². The van der Waals surface area contributed by atoms with Crippen LogP contribution in [-0.4, -0.2) is 36.4 Å². The Balaban J connectivity index is 1.44. The van der Waals surface area contributed by atoms with Gasteiger partial charge in [-0.05, 0) is 49.6 Å². The minimum Gasteiger partial charge on any atom is -0.360 e. The number of halogens is 1. The number of aromatic nitrogens is 1. The number of benzene rings is 2. The minimum absolute atomic E-state index is 0.000611. The van der Waals surface area contributed by atoms with Crippen molar-refractivity contribution in [3.8, 4) is 0 Å². The lowest BCUT2D eigenvalue weighted by atomic mass is 10.1. The Hall–Kier alpha value is -3.04. The molecule has 2 aromatic carbocycles. The number of hydrogen-bond acceptors (Lipinski definition) is 5. The van der Waals surface area contributed by atoms with Gasteiger partial charge in [-0.25, -0.2) is 12.8 Å². The zero-order valence-electron chi connectivity index (χ0n) is 17.6. The maximum absolute atomic E-state index is 13.2. The molecule has 0 bridgehead atoms. The van der Waals surface area contributed by atoms with Crippen molar-refractivity contribution >= 4 is 15.9 Å². The first-order valence-electron chi connectivity index (χ1n) is 10.4. The molecule has 0 saturated heterocycles. The Bertz CT molecular complexity index is 1190. The highest BCUT2D eigenvalue weighted by molar-refractivity contribution is 7.89. The van der Waals surface area contributed by atoms with Gasteiger partial charge in [0.05, 0.1) is 4.90 Å². The topological polar surface area (TPSA) is 92.5 Å². The molecular formula is C23H24FN3O4S. The van der Waals surface area contributed by atoms with Crippen LogP contribution in [0.15, 0.2) is 64.0 Å². The highest BCUT2D eigenvalue weighted by Crippen LogP contribution is 2.27. The van der Waals surface area contributed by atoms with Crippen LogP contribution >= 0.6 is 0 Å². The van der Waals surface area contributed by atoms with E-state index in [1.54, 1.807) is 0 Å². The monoisotopic (exact) mass is 457 g/mol. The first-order chi connectivity index (χ1) is 15.3. The van der Waals surface area contributed by atoms with Crippen LogP contribution in [0.2, 0.25) is 0 Å². The van der Waals surface area contributed by atoms with Crippen molar-refractivity contribution < 1.29 is 22.1 Å². The largest absolute Gasteiger partial charge is 0.360 e. The number of nitrogens with one attached hydrogen (secondary N) is 1. The maximum Gasteiger partial charge on any atom is 0.274 e. The van der Waals surface area contributed by atoms with Crippen LogP contribution in [0, 0.1) is 5.82 Å². The highest BCUT2D eigenvalue weighted by atomic mass is 32.2. The number of rotatable bonds is 7. The molecule has 1 aliphatic rings. The number of aryl methyl sites for hydroxylation is 1. The van der Waals surface area contributed by atoms with Crippen LogP contribution in [0.5, 0.6) is 0 Å². The first kappa shape index (κ1) is 22.2.